The maximum atomic E-state index is 13.7. The van der Waals surface area contributed by atoms with E-state index in [-0.39, 0.29) is 36.6 Å². The first-order valence-corrected chi connectivity index (χ1v) is 15.5. The van der Waals surface area contributed by atoms with Gasteiger partial charge >= 0.3 is 12.4 Å². The lowest BCUT2D eigenvalue weighted by atomic mass is 9.82. The molecule has 15 heteroatoms. The Morgan fingerprint density at radius 3 is 2.00 bits per heavy atom. The van der Waals surface area contributed by atoms with Crippen LogP contribution < -0.4 is 15.4 Å². The molecule has 3 aromatic carbocycles. The quantitative estimate of drug-likeness (QED) is 0.160. The number of halogens is 7. The third-order valence-electron chi connectivity index (χ3n) is 7.64. The van der Waals surface area contributed by atoms with Gasteiger partial charge in [-0.15, -0.1) is 0 Å². The van der Waals surface area contributed by atoms with Crippen molar-refractivity contribution < 1.29 is 39.2 Å². The Morgan fingerprint density at radius 1 is 0.756 bits per heavy atom. The van der Waals surface area contributed by atoms with E-state index in [9.17, 15) is 39.2 Å². The molecule has 0 radical (unpaired) electrons. The van der Waals surface area contributed by atoms with Crippen LogP contribution in [0.15, 0.2) is 71.6 Å². The third-order valence-corrected chi connectivity index (χ3v) is 9.04. The lowest BCUT2D eigenvalue weighted by molar-refractivity contribution is -0.143. The van der Waals surface area contributed by atoms with Gasteiger partial charge in [-0.2, -0.15) is 31.3 Å². The number of nitrogens with one attached hydrogen (secondary N) is 3. The normalized spacial score (nSPS) is 17.8. The summed E-state index contributed by atoms with van der Waals surface area (Å²) in [5, 5.41) is 7.12. The topological polar surface area (TPSA) is 96.0 Å². The molecular formula is C30H28F7N5O2S. The fourth-order valence-corrected chi connectivity index (χ4v) is 6.41. The van der Waals surface area contributed by atoms with Gasteiger partial charge in [0, 0.05) is 24.2 Å². The largest absolute Gasteiger partial charge is 0.416 e. The molecule has 1 heterocycles. The summed E-state index contributed by atoms with van der Waals surface area (Å²) in [6.07, 6.45) is -7.73. The van der Waals surface area contributed by atoms with Crippen molar-refractivity contribution in [1.82, 2.24) is 14.7 Å². The van der Waals surface area contributed by atoms with Crippen LogP contribution in [-0.2, 0) is 22.4 Å². The van der Waals surface area contributed by atoms with Gasteiger partial charge in [0.15, 0.2) is 0 Å². The van der Waals surface area contributed by atoms with Crippen LogP contribution in [0, 0.1) is 17.7 Å². The summed E-state index contributed by atoms with van der Waals surface area (Å²) in [5.41, 5.74) is -2.20. The number of para-hydroxylation sites is 1. The molecule has 1 fully saturated rings. The van der Waals surface area contributed by atoms with E-state index < -0.39 is 44.2 Å². The van der Waals surface area contributed by atoms with Crippen LogP contribution in [0.4, 0.5) is 48.2 Å². The average Bonchev–Trinajstić information content (AvgIpc) is 2.98. The number of hydrogen-bond donors (Lipinski definition) is 3. The zero-order valence-electron chi connectivity index (χ0n) is 23.5. The minimum Gasteiger partial charge on any atom is -0.354 e. The second-order valence-corrected chi connectivity index (χ2v) is 12.7. The number of anilines is 3. The molecule has 0 amide bonds. The maximum Gasteiger partial charge on any atom is 0.416 e. The minimum atomic E-state index is -5.16. The smallest absolute Gasteiger partial charge is 0.354 e. The van der Waals surface area contributed by atoms with Crippen molar-refractivity contribution in [3.8, 4) is 0 Å². The highest BCUT2D eigenvalue weighted by molar-refractivity contribution is 7.89. The molecule has 1 aromatic heterocycles. The van der Waals surface area contributed by atoms with Gasteiger partial charge in [0.2, 0.25) is 16.0 Å². The number of sulfonamides is 1. The van der Waals surface area contributed by atoms with Crippen LogP contribution in [0.3, 0.4) is 0 Å². The summed E-state index contributed by atoms with van der Waals surface area (Å²) >= 11 is 0. The lowest BCUT2D eigenvalue weighted by Gasteiger charge is -2.28. The molecule has 0 spiro atoms. The van der Waals surface area contributed by atoms with Crippen molar-refractivity contribution in [2.75, 3.05) is 23.7 Å². The predicted molar refractivity (Wildman–Crippen MR) is 155 cm³/mol. The molecule has 4 aromatic rings. The molecule has 0 unspecified atom stereocenters. The molecule has 7 nitrogen and oxygen atoms in total. The Kier molecular flexibility index (Phi) is 9.21. The number of alkyl halides is 6. The Labute approximate surface area is 254 Å². The molecule has 1 aliphatic carbocycles. The fraction of sp³-hybridized carbons (Fsp3) is 0.333. The standard InChI is InChI=1S/C30H28F7N5O2S/c31-22-4-3-5-23(15-22)40-27-25-6-1-2-7-26(25)41-28(42-27)38-16-18-8-10-19(11-9-18)17-39-45(43,44)24-13-20(29(32,33)34)12-21(14-24)30(35,36)37/h1-7,12-15,18-19,39H,8-11,16-17H2,(H2,38,40,41,42). The summed E-state index contributed by atoms with van der Waals surface area (Å²) in [6, 6.07) is 13.6. The highest BCUT2D eigenvalue weighted by Gasteiger charge is 2.38. The maximum absolute atomic E-state index is 13.7. The number of fused-ring (bicyclic) bond motifs is 1. The zero-order valence-corrected chi connectivity index (χ0v) is 24.3. The Balaban J connectivity index is 1.18. The summed E-state index contributed by atoms with van der Waals surface area (Å²) in [5.74, 6) is 0.495. The first kappa shape index (κ1) is 32.4. The molecule has 45 heavy (non-hydrogen) atoms. The van der Waals surface area contributed by atoms with Crippen molar-refractivity contribution in [3.63, 3.8) is 0 Å². The Bertz CT molecular complexity index is 1740. The number of nitrogens with zero attached hydrogens (tertiary/aromatic N) is 2. The molecule has 0 aliphatic heterocycles. The van der Waals surface area contributed by atoms with Crippen molar-refractivity contribution in [2.45, 2.75) is 42.9 Å². The van der Waals surface area contributed by atoms with E-state index in [2.05, 4.69) is 25.3 Å². The van der Waals surface area contributed by atoms with Gasteiger partial charge in [-0.1, -0.05) is 18.2 Å². The van der Waals surface area contributed by atoms with Crippen molar-refractivity contribution in [1.29, 1.82) is 0 Å². The monoisotopic (exact) mass is 655 g/mol. The summed E-state index contributed by atoms with van der Waals surface area (Å²) in [6.45, 7) is 0.392. The highest BCUT2D eigenvalue weighted by atomic mass is 32.2. The first-order chi connectivity index (χ1) is 21.2. The summed E-state index contributed by atoms with van der Waals surface area (Å²) in [4.78, 5) is 8.05. The number of rotatable bonds is 9. The van der Waals surface area contributed by atoms with E-state index in [0.717, 1.165) is 5.39 Å². The molecule has 240 valence electrons. The number of aromatic nitrogens is 2. The molecular weight excluding hydrogens is 627 g/mol. The molecule has 0 atom stereocenters. The van der Waals surface area contributed by atoms with Gasteiger partial charge in [0.05, 0.1) is 21.5 Å². The number of hydrogen-bond acceptors (Lipinski definition) is 6. The molecule has 0 bridgehead atoms. The van der Waals surface area contributed by atoms with Crippen LogP contribution in [-0.4, -0.2) is 31.5 Å². The van der Waals surface area contributed by atoms with Gasteiger partial charge in [-0.05, 0) is 86.1 Å². The van der Waals surface area contributed by atoms with E-state index in [0.29, 0.717) is 55.2 Å². The summed E-state index contributed by atoms with van der Waals surface area (Å²) in [7, 11) is -4.64. The molecule has 3 N–H and O–H groups in total. The van der Waals surface area contributed by atoms with E-state index in [1.807, 2.05) is 24.3 Å². The Hall–Kier alpha value is -3.98. The van der Waals surface area contributed by atoms with Crippen molar-refractivity contribution >= 4 is 38.4 Å². The molecule has 0 saturated heterocycles. The zero-order chi connectivity index (χ0) is 32.4. The van der Waals surface area contributed by atoms with E-state index in [1.54, 1.807) is 12.1 Å². The first-order valence-electron chi connectivity index (χ1n) is 14.0. The van der Waals surface area contributed by atoms with Gasteiger partial charge in [0.25, 0.3) is 0 Å². The van der Waals surface area contributed by atoms with Crippen LogP contribution >= 0.6 is 0 Å². The van der Waals surface area contributed by atoms with Crippen LogP contribution in [0.25, 0.3) is 10.9 Å². The number of benzene rings is 3. The molecule has 1 saturated carbocycles. The fourth-order valence-electron chi connectivity index (χ4n) is 5.22. The Morgan fingerprint density at radius 2 is 1.38 bits per heavy atom. The van der Waals surface area contributed by atoms with E-state index in [4.69, 9.17) is 0 Å². The van der Waals surface area contributed by atoms with Gasteiger partial charge in [-0.3, -0.25) is 0 Å². The van der Waals surface area contributed by atoms with E-state index in [1.165, 1.54) is 12.1 Å². The van der Waals surface area contributed by atoms with E-state index >= 15 is 0 Å². The molecule has 1 aliphatic rings. The highest BCUT2D eigenvalue weighted by Crippen LogP contribution is 2.37. The van der Waals surface area contributed by atoms with Crippen LogP contribution in [0.5, 0.6) is 0 Å². The predicted octanol–water partition coefficient (Wildman–Crippen LogP) is 7.75. The van der Waals surface area contributed by atoms with Crippen LogP contribution in [0.2, 0.25) is 0 Å². The minimum absolute atomic E-state index is 0.112. The lowest BCUT2D eigenvalue weighted by Crippen LogP contribution is -2.32. The van der Waals surface area contributed by atoms with Gasteiger partial charge in [-0.25, -0.2) is 22.5 Å². The van der Waals surface area contributed by atoms with Crippen LogP contribution in [0.1, 0.15) is 36.8 Å². The second-order valence-electron chi connectivity index (χ2n) is 10.9. The average molecular weight is 656 g/mol. The third kappa shape index (κ3) is 8.19. The molecule has 5 rings (SSSR count). The SMILES string of the molecule is O=S(=O)(NCC1CCC(CNc2nc(Nc3cccc(F)c3)c3ccccc3n2)CC1)c1cc(C(F)(F)F)cc(C(F)(F)F)c1. The van der Waals surface area contributed by atoms with Crippen molar-refractivity contribution in [2.24, 2.45) is 11.8 Å². The van der Waals surface area contributed by atoms with Crippen molar-refractivity contribution in [3.05, 3.63) is 83.7 Å². The second kappa shape index (κ2) is 12.8. The van der Waals surface area contributed by atoms with Gasteiger partial charge in [0.1, 0.15) is 11.6 Å². The van der Waals surface area contributed by atoms with Gasteiger partial charge < -0.3 is 10.6 Å². The summed E-state index contributed by atoms with van der Waals surface area (Å²) < 4.78 is 120.